The maximum absolute atomic E-state index is 12.7. The molecule has 5 nitrogen and oxygen atoms in total. The Balaban J connectivity index is 1.77. The van der Waals surface area contributed by atoms with Crippen molar-refractivity contribution in [3.8, 4) is 0 Å². The molecule has 0 fully saturated rings. The summed E-state index contributed by atoms with van der Waals surface area (Å²) in [7, 11) is 1.77. The van der Waals surface area contributed by atoms with Crippen molar-refractivity contribution >= 4 is 38.9 Å². The molecule has 24 heavy (non-hydrogen) atoms. The van der Waals surface area contributed by atoms with E-state index in [1.54, 1.807) is 11.9 Å². The van der Waals surface area contributed by atoms with Crippen LogP contribution in [0.4, 0.5) is 5.69 Å². The summed E-state index contributed by atoms with van der Waals surface area (Å²) >= 11 is 1.35. The van der Waals surface area contributed by atoms with Gasteiger partial charge >= 0.3 is 0 Å². The molecule has 0 atom stereocenters. The third kappa shape index (κ3) is 2.28. The first-order valence-electron chi connectivity index (χ1n) is 7.52. The number of aliphatic hydroxyl groups excluding tert-OH is 1. The van der Waals surface area contributed by atoms with E-state index in [4.69, 9.17) is 0 Å². The molecule has 6 heteroatoms. The highest BCUT2D eigenvalue weighted by Gasteiger charge is 2.19. The molecule has 0 saturated heterocycles. The Morgan fingerprint density at radius 3 is 2.75 bits per heavy atom. The van der Waals surface area contributed by atoms with Crippen molar-refractivity contribution in [2.24, 2.45) is 0 Å². The number of fused-ring (bicyclic) bond motifs is 3. The third-order valence-corrected chi connectivity index (χ3v) is 5.02. The second kappa shape index (κ2) is 5.74. The molecule has 0 aliphatic heterocycles. The zero-order valence-electron chi connectivity index (χ0n) is 13.0. The van der Waals surface area contributed by atoms with Crippen molar-refractivity contribution in [2.45, 2.75) is 6.61 Å². The summed E-state index contributed by atoms with van der Waals surface area (Å²) < 4.78 is 1.91. The zero-order chi connectivity index (χ0) is 16.7. The lowest BCUT2D eigenvalue weighted by Gasteiger charge is -2.15. The number of aromatic nitrogens is 2. The number of benzene rings is 2. The molecule has 0 aliphatic carbocycles. The third-order valence-electron chi connectivity index (χ3n) is 4.05. The first-order chi connectivity index (χ1) is 11.7. The molecule has 0 bridgehead atoms. The van der Waals surface area contributed by atoms with Crippen molar-refractivity contribution < 1.29 is 9.90 Å². The maximum atomic E-state index is 12.7. The van der Waals surface area contributed by atoms with Crippen LogP contribution in [-0.2, 0) is 6.61 Å². The van der Waals surface area contributed by atoms with Crippen LogP contribution >= 0.6 is 11.3 Å². The van der Waals surface area contributed by atoms with E-state index in [-0.39, 0.29) is 12.5 Å². The van der Waals surface area contributed by atoms with E-state index >= 15 is 0 Å². The average molecular weight is 337 g/mol. The molecule has 120 valence electrons. The Hall–Kier alpha value is -2.70. The van der Waals surface area contributed by atoms with Gasteiger partial charge in [-0.2, -0.15) is 0 Å². The minimum atomic E-state index is -0.0665. The molecule has 2 heterocycles. The summed E-state index contributed by atoms with van der Waals surface area (Å²) in [5.74, 6) is -0.0665. The number of amides is 1. The van der Waals surface area contributed by atoms with Crippen molar-refractivity contribution in [1.82, 2.24) is 9.38 Å². The monoisotopic (exact) mass is 337 g/mol. The smallest absolute Gasteiger partial charge is 0.269 e. The lowest BCUT2D eigenvalue weighted by atomic mass is 10.2. The second-order valence-corrected chi connectivity index (χ2v) is 6.51. The van der Waals surface area contributed by atoms with Crippen LogP contribution in [0.3, 0.4) is 0 Å². The Bertz CT molecular complexity index is 1040. The highest BCUT2D eigenvalue weighted by atomic mass is 32.1. The van der Waals surface area contributed by atoms with Gasteiger partial charge in [-0.1, -0.05) is 41.7 Å². The summed E-state index contributed by atoms with van der Waals surface area (Å²) in [5, 5.41) is 9.43. The van der Waals surface area contributed by atoms with E-state index in [1.165, 1.54) is 11.3 Å². The van der Waals surface area contributed by atoms with Crippen LogP contribution in [0.25, 0.3) is 16.0 Å². The maximum Gasteiger partial charge on any atom is 0.269 e. The van der Waals surface area contributed by atoms with Gasteiger partial charge in [0, 0.05) is 24.5 Å². The molecule has 4 rings (SSSR count). The highest BCUT2D eigenvalue weighted by Crippen LogP contribution is 2.27. The fourth-order valence-corrected chi connectivity index (χ4v) is 3.72. The minimum absolute atomic E-state index is 0.0509. The van der Waals surface area contributed by atoms with Gasteiger partial charge in [-0.3, -0.25) is 9.20 Å². The quantitative estimate of drug-likeness (QED) is 0.624. The van der Waals surface area contributed by atoms with Crippen LogP contribution in [0.1, 0.15) is 15.2 Å². The molecular formula is C18H15N3O2S. The fourth-order valence-electron chi connectivity index (χ4n) is 2.75. The lowest BCUT2D eigenvalue weighted by Crippen LogP contribution is -2.25. The molecule has 1 amide bonds. The van der Waals surface area contributed by atoms with E-state index in [2.05, 4.69) is 4.98 Å². The van der Waals surface area contributed by atoms with Crippen LogP contribution in [0, 0.1) is 0 Å². The standard InChI is InChI=1S/C18H15N3O2S/c1-20(13-7-3-2-4-8-13)17(23)15-10-21-14-9-5-6-12(11-22)16(14)19-18(21)24-15/h2-10,22H,11H2,1H3. The van der Waals surface area contributed by atoms with Crippen molar-refractivity contribution in [3.63, 3.8) is 0 Å². The van der Waals surface area contributed by atoms with Gasteiger partial charge in [0.15, 0.2) is 4.96 Å². The average Bonchev–Trinajstić information content (AvgIpc) is 3.19. The number of rotatable bonds is 3. The number of hydrogen-bond donors (Lipinski definition) is 1. The van der Waals surface area contributed by atoms with E-state index in [0.717, 1.165) is 27.2 Å². The summed E-state index contributed by atoms with van der Waals surface area (Å²) in [6.07, 6.45) is 1.82. The summed E-state index contributed by atoms with van der Waals surface area (Å²) in [6, 6.07) is 15.2. The van der Waals surface area contributed by atoms with Crippen LogP contribution in [0.15, 0.2) is 54.7 Å². The van der Waals surface area contributed by atoms with E-state index < -0.39 is 0 Å². The Morgan fingerprint density at radius 2 is 2.00 bits per heavy atom. The predicted molar refractivity (Wildman–Crippen MR) is 95.7 cm³/mol. The highest BCUT2D eigenvalue weighted by molar-refractivity contribution is 7.19. The van der Waals surface area contributed by atoms with Gasteiger partial charge in [0.05, 0.1) is 17.6 Å². The van der Waals surface area contributed by atoms with Gasteiger partial charge in [0.1, 0.15) is 4.88 Å². The number of anilines is 1. The molecule has 2 aromatic heterocycles. The Labute approximate surface area is 142 Å². The number of imidazole rings is 1. The van der Waals surface area contributed by atoms with Gasteiger partial charge in [-0.15, -0.1) is 0 Å². The normalized spacial score (nSPS) is 11.2. The van der Waals surface area contributed by atoms with Gasteiger partial charge in [0.2, 0.25) is 0 Å². The van der Waals surface area contributed by atoms with Crippen LogP contribution in [0.5, 0.6) is 0 Å². The van der Waals surface area contributed by atoms with E-state index in [9.17, 15) is 9.90 Å². The predicted octanol–water partition coefficient (Wildman–Crippen LogP) is 3.32. The molecule has 4 aromatic rings. The van der Waals surface area contributed by atoms with E-state index in [0.29, 0.717) is 4.88 Å². The molecule has 1 N–H and O–H groups in total. The van der Waals surface area contributed by atoms with Crippen molar-refractivity contribution in [1.29, 1.82) is 0 Å². The zero-order valence-corrected chi connectivity index (χ0v) is 13.8. The van der Waals surface area contributed by atoms with Gasteiger partial charge in [-0.25, -0.2) is 4.98 Å². The SMILES string of the molecule is CN(C(=O)c1cn2c(nc3c(CO)cccc32)s1)c1ccccc1. The number of carbonyl (C=O) groups excluding carboxylic acids is 1. The molecule has 0 aliphatic rings. The topological polar surface area (TPSA) is 57.8 Å². The van der Waals surface area contributed by atoms with Crippen molar-refractivity contribution in [3.05, 3.63) is 65.2 Å². The summed E-state index contributed by atoms with van der Waals surface area (Å²) in [5.41, 5.74) is 3.31. The fraction of sp³-hybridized carbons (Fsp3) is 0.111. The Morgan fingerprint density at radius 1 is 1.21 bits per heavy atom. The van der Waals surface area contributed by atoms with Crippen molar-refractivity contribution in [2.75, 3.05) is 11.9 Å². The molecule has 0 spiro atoms. The van der Waals surface area contributed by atoms with Gasteiger partial charge in [0.25, 0.3) is 5.91 Å². The number of aliphatic hydroxyl groups is 1. The molecule has 0 saturated carbocycles. The van der Waals surface area contributed by atoms with Crippen LogP contribution in [0.2, 0.25) is 0 Å². The van der Waals surface area contributed by atoms with Gasteiger partial charge < -0.3 is 10.0 Å². The number of thiazole rings is 1. The first kappa shape index (κ1) is 14.9. The number of hydrogen-bond acceptors (Lipinski definition) is 4. The lowest BCUT2D eigenvalue weighted by molar-refractivity contribution is 0.0996. The second-order valence-electron chi connectivity index (χ2n) is 5.50. The van der Waals surface area contributed by atoms with Crippen LogP contribution in [-0.4, -0.2) is 27.4 Å². The number of carbonyl (C=O) groups is 1. The molecule has 0 radical (unpaired) electrons. The minimum Gasteiger partial charge on any atom is -0.392 e. The number of nitrogens with zero attached hydrogens (tertiary/aromatic N) is 3. The van der Waals surface area contributed by atoms with Gasteiger partial charge in [-0.05, 0) is 18.2 Å². The van der Waals surface area contributed by atoms with E-state index in [1.807, 2.05) is 59.1 Å². The molecule has 2 aromatic carbocycles. The molecular weight excluding hydrogens is 322 g/mol. The largest absolute Gasteiger partial charge is 0.392 e. The summed E-state index contributed by atoms with van der Waals surface area (Å²) in [6.45, 7) is -0.0509. The Kier molecular flexibility index (Phi) is 3.55. The number of para-hydroxylation sites is 2. The molecule has 0 unspecified atom stereocenters. The van der Waals surface area contributed by atoms with Crippen LogP contribution < -0.4 is 4.90 Å². The first-order valence-corrected chi connectivity index (χ1v) is 8.34. The summed E-state index contributed by atoms with van der Waals surface area (Å²) in [4.78, 5) is 20.3.